The van der Waals surface area contributed by atoms with E-state index in [1.54, 1.807) is 26.9 Å². The predicted octanol–water partition coefficient (Wildman–Crippen LogP) is 3.06. The first-order chi connectivity index (χ1) is 12.3. The molecule has 3 aromatic rings. The molecular formula is C19H23ClN4O2. The highest BCUT2D eigenvalue weighted by Crippen LogP contribution is 2.23. The van der Waals surface area contributed by atoms with Gasteiger partial charge in [-0.05, 0) is 29.3 Å². The summed E-state index contributed by atoms with van der Waals surface area (Å²) in [5, 5.41) is 7.56. The van der Waals surface area contributed by atoms with Crippen LogP contribution in [0.5, 0.6) is 11.5 Å². The normalized spacial score (nSPS) is 10.2. The van der Waals surface area contributed by atoms with E-state index in [4.69, 9.17) is 9.47 Å². The lowest BCUT2D eigenvalue weighted by molar-refractivity contribution is 0.397. The van der Waals surface area contributed by atoms with Crippen LogP contribution in [0.1, 0.15) is 16.7 Å². The molecule has 26 heavy (non-hydrogen) atoms. The molecule has 0 aliphatic rings. The fourth-order valence-electron chi connectivity index (χ4n) is 2.63. The Kier molecular flexibility index (Phi) is 7.44. The van der Waals surface area contributed by atoms with Crippen LogP contribution in [0, 0.1) is 0 Å². The van der Waals surface area contributed by atoms with Gasteiger partial charge in [-0.1, -0.05) is 24.3 Å². The summed E-state index contributed by atoms with van der Waals surface area (Å²) in [6, 6.07) is 14.3. The Morgan fingerprint density at radius 1 is 0.962 bits per heavy atom. The van der Waals surface area contributed by atoms with E-state index in [-0.39, 0.29) is 12.4 Å². The summed E-state index contributed by atoms with van der Waals surface area (Å²) in [4.78, 5) is 3.95. The number of benzene rings is 2. The van der Waals surface area contributed by atoms with Gasteiger partial charge in [0.05, 0.1) is 20.8 Å². The number of rotatable bonds is 8. The number of hydrogen-bond donors (Lipinski definition) is 1. The number of ether oxygens (including phenoxy) is 2. The number of methoxy groups -OCH3 is 2. The quantitative estimate of drug-likeness (QED) is 0.656. The molecule has 0 fully saturated rings. The van der Waals surface area contributed by atoms with E-state index in [2.05, 4.69) is 39.7 Å². The van der Waals surface area contributed by atoms with E-state index in [9.17, 15) is 0 Å². The molecule has 0 amide bonds. The Balaban J connectivity index is 0.00000243. The first kappa shape index (κ1) is 19.8. The fraction of sp³-hybridized carbons (Fsp3) is 0.263. The average Bonchev–Trinajstić information content (AvgIpc) is 3.16. The van der Waals surface area contributed by atoms with Crippen molar-refractivity contribution in [2.45, 2.75) is 19.6 Å². The molecule has 0 saturated heterocycles. The van der Waals surface area contributed by atoms with Crippen LogP contribution in [-0.4, -0.2) is 29.0 Å². The van der Waals surface area contributed by atoms with Crippen LogP contribution in [0.3, 0.4) is 0 Å². The van der Waals surface area contributed by atoms with Crippen molar-refractivity contribution in [3.8, 4) is 11.5 Å². The average molecular weight is 375 g/mol. The van der Waals surface area contributed by atoms with Crippen molar-refractivity contribution in [1.82, 2.24) is 20.1 Å². The standard InChI is InChI=1S/C19H22N4O2.ClH/c1-24-18-7-8-19(25-2)17(9-18)11-20-10-15-3-5-16(6-4-15)12-23-14-21-13-22-23;/h3-9,13-14,20H,10-12H2,1-2H3;1H. The van der Waals surface area contributed by atoms with Crippen LogP contribution in [0.15, 0.2) is 55.1 Å². The highest BCUT2D eigenvalue weighted by atomic mass is 35.5. The Morgan fingerprint density at radius 2 is 1.73 bits per heavy atom. The molecule has 0 radical (unpaired) electrons. The van der Waals surface area contributed by atoms with Gasteiger partial charge in [-0.2, -0.15) is 5.10 Å². The number of nitrogens with zero attached hydrogens (tertiary/aromatic N) is 3. The van der Waals surface area contributed by atoms with E-state index in [0.29, 0.717) is 6.54 Å². The zero-order valence-corrected chi connectivity index (χ0v) is 15.7. The molecule has 1 N–H and O–H groups in total. The summed E-state index contributed by atoms with van der Waals surface area (Å²) in [5.74, 6) is 1.69. The Morgan fingerprint density at radius 3 is 2.38 bits per heavy atom. The molecule has 0 atom stereocenters. The summed E-state index contributed by atoms with van der Waals surface area (Å²) in [6.07, 6.45) is 3.27. The summed E-state index contributed by atoms with van der Waals surface area (Å²) in [6.45, 7) is 2.22. The van der Waals surface area contributed by atoms with Gasteiger partial charge in [0.2, 0.25) is 0 Å². The second-order valence-electron chi connectivity index (χ2n) is 5.69. The first-order valence-corrected chi connectivity index (χ1v) is 8.10. The van der Waals surface area contributed by atoms with Gasteiger partial charge in [-0.3, -0.25) is 0 Å². The van der Waals surface area contributed by atoms with Crippen molar-refractivity contribution in [1.29, 1.82) is 0 Å². The van der Waals surface area contributed by atoms with Gasteiger partial charge < -0.3 is 14.8 Å². The van der Waals surface area contributed by atoms with E-state index in [1.807, 2.05) is 22.9 Å². The molecule has 7 heteroatoms. The molecule has 1 heterocycles. The van der Waals surface area contributed by atoms with Crippen molar-refractivity contribution >= 4 is 12.4 Å². The molecule has 6 nitrogen and oxygen atoms in total. The lowest BCUT2D eigenvalue weighted by Gasteiger charge is -2.11. The van der Waals surface area contributed by atoms with Crippen molar-refractivity contribution < 1.29 is 9.47 Å². The third-order valence-electron chi connectivity index (χ3n) is 3.97. The van der Waals surface area contributed by atoms with Crippen LogP contribution >= 0.6 is 12.4 Å². The summed E-state index contributed by atoms with van der Waals surface area (Å²) >= 11 is 0. The molecule has 0 aliphatic carbocycles. The van der Waals surface area contributed by atoms with Gasteiger partial charge in [0.25, 0.3) is 0 Å². The minimum absolute atomic E-state index is 0. The molecule has 1 aromatic heterocycles. The van der Waals surface area contributed by atoms with E-state index >= 15 is 0 Å². The van der Waals surface area contributed by atoms with Gasteiger partial charge >= 0.3 is 0 Å². The summed E-state index contributed by atoms with van der Waals surface area (Å²) in [7, 11) is 3.35. The van der Waals surface area contributed by atoms with Gasteiger partial charge in [-0.15, -0.1) is 12.4 Å². The van der Waals surface area contributed by atoms with Crippen molar-refractivity contribution in [3.05, 3.63) is 71.8 Å². The summed E-state index contributed by atoms with van der Waals surface area (Å²) < 4.78 is 12.5. The molecule has 0 bridgehead atoms. The maximum Gasteiger partial charge on any atom is 0.137 e. The topological polar surface area (TPSA) is 61.2 Å². The number of aromatic nitrogens is 3. The highest BCUT2D eigenvalue weighted by Gasteiger charge is 2.05. The molecule has 2 aromatic carbocycles. The fourth-order valence-corrected chi connectivity index (χ4v) is 2.63. The largest absolute Gasteiger partial charge is 0.497 e. The SMILES string of the molecule is COc1ccc(OC)c(CNCc2ccc(Cn3cncn3)cc2)c1.Cl. The van der Waals surface area contributed by atoms with Crippen molar-refractivity contribution in [2.75, 3.05) is 14.2 Å². The van der Waals surface area contributed by atoms with Crippen LogP contribution in [-0.2, 0) is 19.6 Å². The number of halogens is 1. The second-order valence-corrected chi connectivity index (χ2v) is 5.69. The smallest absolute Gasteiger partial charge is 0.137 e. The lowest BCUT2D eigenvalue weighted by Crippen LogP contribution is -2.13. The Hall–Kier alpha value is -2.57. The monoisotopic (exact) mass is 374 g/mol. The van der Waals surface area contributed by atoms with Gasteiger partial charge in [0.1, 0.15) is 24.2 Å². The minimum Gasteiger partial charge on any atom is -0.497 e. The first-order valence-electron chi connectivity index (χ1n) is 8.10. The maximum absolute atomic E-state index is 5.40. The van der Waals surface area contributed by atoms with Crippen LogP contribution in [0.4, 0.5) is 0 Å². The van der Waals surface area contributed by atoms with Gasteiger partial charge in [0, 0.05) is 18.7 Å². The van der Waals surface area contributed by atoms with Gasteiger partial charge in [-0.25, -0.2) is 9.67 Å². The van der Waals surface area contributed by atoms with Gasteiger partial charge in [0.15, 0.2) is 0 Å². The molecule has 0 spiro atoms. The van der Waals surface area contributed by atoms with Crippen molar-refractivity contribution in [3.63, 3.8) is 0 Å². The lowest BCUT2D eigenvalue weighted by atomic mass is 10.1. The molecule has 0 unspecified atom stereocenters. The maximum atomic E-state index is 5.40. The molecular weight excluding hydrogens is 352 g/mol. The number of nitrogens with one attached hydrogen (secondary N) is 1. The third-order valence-corrected chi connectivity index (χ3v) is 3.97. The van der Waals surface area contributed by atoms with Crippen LogP contribution < -0.4 is 14.8 Å². The Bertz CT molecular complexity index is 792. The van der Waals surface area contributed by atoms with E-state index < -0.39 is 0 Å². The van der Waals surface area contributed by atoms with Crippen LogP contribution in [0.25, 0.3) is 0 Å². The number of hydrogen-bond acceptors (Lipinski definition) is 5. The Labute approximate surface area is 159 Å². The summed E-state index contributed by atoms with van der Waals surface area (Å²) in [5.41, 5.74) is 3.50. The van der Waals surface area contributed by atoms with E-state index in [0.717, 1.165) is 30.2 Å². The molecule has 138 valence electrons. The third kappa shape index (κ3) is 5.21. The van der Waals surface area contributed by atoms with E-state index in [1.165, 1.54) is 11.1 Å². The zero-order valence-electron chi connectivity index (χ0n) is 14.9. The van der Waals surface area contributed by atoms with Crippen LogP contribution in [0.2, 0.25) is 0 Å². The molecule has 0 saturated carbocycles. The van der Waals surface area contributed by atoms with Crippen molar-refractivity contribution in [2.24, 2.45) is 0 Å². The predicted molar refractivity (Wildman–Crippen MR) is 103 cm³/mol. The minimum atomic E-state index is 0. The molecule has 3 rings (SSSR count). The highest BCUT2D eigenvalue weighted by molar-refractivity contribution is 5.85. The second kappa shape index (κ2) is 9.79. The zero-order chi connectivity index (χ0) is 17.5. The molecule has 0 aliphatic heterocycles.